The summed E-state index contributed by atoms with van der Waals surface area (Å²) in [7, 11) is 0. The minimum absolute atomic E-state index is 0.0617. The molecule has 0 saturated heterocycles. The lowest BCUT2D eigenvalue weighted by Gasteiger charge is -2.27. The van der Waals surface area contributed by atoms with Crippen molar-refractivity contribution in [3.05, 3.63) is 70.3 Å². The first-order chi connectivity index (χ1) is 9.41. The van der Waals surface area contributed by atoms with Gasteiger partial charge in [-0.15, -0.1) is 0 Å². The molecule has 2 aromatic rings. The average molecular weight is 268 g/mol. The van der Waals surface area contributed by atoms with Crippen LogP contribution in [-0.2, 0) is 5.41 Å². The molecule has 0 spiro atoms. The Labute approximate surface area is 124 Å². The largest absolute Gasteiger partial charge is 0.0683 e. The summed E-state index contributed by atoms with van der Waals surface area (Å²) in [4.78, 5) is 0. The van der Waals surface area contributed by atoms with Gasteiger partial charge in [-0.1, -0.05) is 75.7 Å². The lowest BCUT2D eigenvalue weighted by Crippen LogP contribution is -2.19. The zero-order valence-corrected chi connectivity index (χ0v) is 14.0. The first kappa shape index (κ1) is 16.5. The summed E-state index contributed by atoms with van der Waals surface area (Å²) in [5.41, 5.74) is 6.86. The van der Waals surface area contributed by atoms with Gasteiger partial charge in [0.2, 0.25) is 0 Å². The lowest BCUT2D eigenvalue weighted by molar-refractivity contribution is 0.639. The SMILES string of the molecule is CC.Cc1ccc(C(C)(C)c2ccc(C)c(C)c2)cc1. The standard InChI is InChI=1S/C18H22.C2H6/c1-13-6-9-16(10-7-13)18(4,5)17-11-8-14(2)15(3)12-17;1-2/h6-12H,1-5H3;1-2H3. The highest BCUT2D eigenvalue weighted by atomic mass is 14.3. The van der Waals surface area contributed by atoms with E-state index in [9.17, 15) is 0 Å². The van der Waals surface area contributed by atoms with Crippen molar-refractivity contribution < 1.29 is 0 Å². The molecule has 2 aromatic carbocycles. The minimum Gasteiger partial charge on any atom is -0.0683 e. The van der Waals surface area contributed by atoms with Crippen molar-refractivity contribution in [2.45, 2.75) is 53.9 Å². The molecule has 0 aliphatic rings. The smallest absolute Gasteiger partial charge is 0.0146 e. The van der Waals surface area contributed by atoms with Crippen molar-refractivity contribution in [1.29, 1.82) is 0 Å². The highest BCUT2D eigenvalue weighted by molar-refractivity contribution is 5.41. The summed E-state index contributed by atoms with van der Waals surface area (Å²) in [6, 6.07) is 15.7. The van der Waals surface area contributed by atoms with Crippen molar-refractivity contribution >= 4 is 0 Å². The van der Waals surface area contributed by atoms with Crippen LogP contribution in [0.25, 0.3) is 0 Å². The summed E-state index contributed by atoms with van der Waals surface area (Å²) in [6.07, 6.45) is 0. The molecule has 0 heterocycles. The van der Waals surface area contributed by atoms with Crippen molar-refractivity contribution in [3.8, 4) is 0 Å². The van der Waals surface area contributed by atoms with Gasteiger partial charge >= 0.3 is 0 Å². The molecule has 0 unspecified atom stereocenters. The zero-order chi connectivity index (χ0) is 15.3. The predicted molar refractivity (Wildman–Crippen MR) is 90.6 cm³/mol. The van der Waals surface area contributed by atoms with Gasteiger partial charge in [0.15, 0.2) is 0 Å². The molecular weight excluding hydrogens is 240 g/mol. The maximum Gasteiger partial charge on any atom is 0.0146 e. The van der Waals surface area contributed by atoms with Crippen LogP contribution in [0.5, 0.6) is 0 Å². The van der Waals surface area contributed by atoms with Crippen LogP contribution >= 0.6 is 0 Å². The minimum atomic E-state index is 0.0617. The van der Waals surface area contributed by atoms with Gasteiger partial charge in [-0.05, 0) is 43.0 Å². The van der Waals surface area contributed by atoms with Crippen LogP contribution in [0.3, 0.4) is 0 Å². The van der Waals surface area contributed by atoms with E-state index in [2.05, 4.69) is 77.1 Å². The first-order valence-corrected chi connectivity index (χ1v) is 7.56. The Hall–Kier alpha value is -1.56. The fraction of sp³-hybridized carbons (Fsp3) is 0.400. The number of rotatable bonds is 2. The number of hydrogen-bond acceptors (Lipinski definition) is 0. The molecule has 0 bridgehead atoms. The van der Waals surface area contributed by atoms with Gasteiger partial charge in [-0.3, -0.25) is 0 Å². The van der Waals surface area contributed by atoms with Crippen LogP contribution < -0.4 is 0 Å². The fourth-order valence-electron chi connectivity index (χ4n) is 2.27. The Morgan fingerprint density at radius 3 is 1.65 bits per heavy atom. The van der Waals surface area contributed by atoms with E-state index in [4.69, 9.17) is 0 Å². The fourth-order valence-corrected chi connectivity index (χ4v) is 2.27. The summed E-state index contributed by atoms with van der Waals surface area (Å²) < 4.78 is 0. The summed E-state index contributed by atoms with van der Waals surface area (Å²) in [6.45, 7) is 15.1. The maximum atomic E-state index is 2.31. The normalized spacial score (nSPS) is 10.8. The molecule has 0 saturated carbocycles. The molecule has 0 aliphatic heterocycles. The van der Waals surface area contributed by atoms with E-state index < -0.39 is 0 Å². The Morgan fingerprint density at radius 1 is 0.650 bits per heavy atom. The topological polar surface area (TPSA) is 0 Å². The van der Waals surface area contributed by atoms with Crippen LogP contribution in [0, 0.1) is 20.8 Å². The van der Waals surface area contributed by atoms with Crippen LogP contribution in [0.15, 0.2) is 42.5 Å². The predicted octanol–water partition coefficient (Wildman–Crippen LogP) is 5.96. The molecule has 0 fully saturated rings. The molecule has 0 N–H and O–H groups in total. The Balaban J connectivity index is 0.000000956. The Morgan fingerprint density at radius 2 is 1.15 bits per heavy atom. The van der Waals surface area contributed by atoms with Crippen molar-refractivity contribution in [2.24, 2.45) is 0 Å². The molecule has 0 aliphatic carbocycles. The monoisotopic (exact) mass is 268 g/mol. The number of aryl methyl sites for hydroxylation is 3. The van der Waals surface area contributed by atoms with E-state index in [0.717, 1.165) is 0 Å². The van der Waals surface area contributed by atoms with Gasteiger partial charge in [0, 0.05) is 5.41 Å². The molecule has 0 nitrogen and oxygen atoms in total. The molecule has 0 amide bonds. The van der Waals surface area contributed by atoms with Gasteiger partial charge in [0.25, 0.3) is 0 Å². The maximum absolute atomic E-state index is 2.31. The summed E-state index contributed by atoms with van der Waals surface area (Å²) >= 11 is 0. The number of hydrogen-bond donors (Lipinski definition) is 0. The Bertz CT molecular complexity index is 545. The van der Waals surface area contributed by atoms with Gasteiger partial charge in [-0.2, -0.15) is 0 Å². The zero-order valence-electron chi connectivity index (χ0n) is 14.0. The van der Waals surface area contributed by atoms with Crippen molar-refractivity contribution in [3.63, 3.8) is 0 Å². The van der Waals surface area contributed by atoms with Crippen LogP contribution in [0.1, 0.15) is 55.5 Å². The molecule has 0 aromatic heterocycles. The molecule has 108 valence electrons. The first-order valence-electron chi connectivity index (χ1n) is 7.56. The summed E-state index contributed by atoms with van der Waals surface area (Å²) in [5.74, 6) is 0. The second kappa shape index (κ2) is 6.74. The lowest BCUT2D eigenvalue weighted by atomic mass is 9.77. The van der Waals surface area contributed by atoms with E-state index in [0.29, 0.717) is 0 Å². The third kappa shape index (κ3) is 3.50. The second-order valence-corrected chi connectivity index (χ2v) is 5.79. The van der Waals surface area contributed by atoms with Gasteiger partial charge in [-0.25, -0.2) is 0 Å². The quantitative estimate of drug-likeness (QED) is 0.630. The van der Waals surface area contributed by atoms with E-state index >= 15 is 0 Å². The average Bonchev–Trinajstić information content (AvgIpc) is 2.44. The molecule has 20 heavy (non-hydrogen) atoms. The second-order valence-electron chi connectivity index (χ2n) is 5.79. The molecular formula is C20H28. The third-order valence-electron chi connectivity index (χ3n) is 4.00. The Kier molecular flexibility index (Phi) is 5.56. The van der Waals surface area contributed by atoms with Crippen LogP contribution in [0.4, 0.5) is 0 Å². The van der Waals surface area contributed by atoms with Crippen molar-refractivity contribution in [1.82, 2.24) is 0 Å². The molecule has 2 rings (SSSR count). The third-order valence-corrected chi connectivity index (χ3v) is 4.00. The van der Waals surface area contributed by atoms with E-state index in [1.54, 1.807) is 0 Å². The number of benzene rings is 2. The van der Waals surface area contributed by atoms with Crippen molar-refractivity contribution in [2.75, 3.05) is 0 Å². The van der Waals surface area contributed by atoms with Crippen LogP contribution in [0.2, 0.25) is 0 Å². The molecule has 0 radical (unpaired) electrons. The van der Waals surface area contributed by atoms with E-state index in [1.807, 2.05) is 13.8 Å². The molecule has 0 heteroatoms. The highest BCUT2D eigenvalue weighted by Gasteiger charge is 2.23. The van der Waals surface area contributed by atoms with E-state index in [-0.39, 0.29) is 5.41 Å². The highest BCUT2D eigenvalue weighted by Crippen LogP contribution is 2.32. The van der Waals surface area contributed by atoms with Gasteiger partial charge in [0.05, 0.1) is 0 Å². The summed E-state index contributed by atoms with van der Waals surface area (Å²) in [5, 5.41) is 0. The van der Waals surface area contributed by atoms with E-state index in [1.165, 1.54) is 27.8 Å². The van der Waals surface area contributed by atoms with Crippen LogP contribution in [-0.4, -0.2) is 0 Å². The molecule has 0 atom stereocenters. The van der Waals surface area contributed by atoms with Gasteiger partial charge in [0.1, 0.15) is 0 Å². The van der Waals surface area contributed by atoms with Gasteiger partial charge < -0.3 is 0 Å².